The van der Waals surface area contributed by atoms with Crippen LogP contribution in [-0.2, 0) is 9.84 Å². The minimum absolute atomic E-state index is 0.275. The van der Waals surface area contributed by atoms with Crippen LogP contribution in [0.15, 0.2) is 41.3 Å². The maximum absolute atomic E-state index is 11.6. The SMILES string of the molecule is Cc1cccc(-c2nc3ccc(S(C)(=O)=O)cc3[nH]2)n1. The van der Waals surface area contributed by atoms with Crippen LogP contribution in [0.2, 0.25) is 0 Å². The fraction of sp³-hybridized carbons (Fsp3) is 0.143. The molecule has 20 heavy (non-hydrogen) atoms. The molecule has 0 fully saturated rings. The number of fused-ring (bicyclic) bond motifs is 1. The zero-order valence-corrected chi connectivity index (χ0v) is 11.9. The third-order valence-electron chi connectivity index (χ3n) is 3.01. The molecule has 2 aromatic heterocycles. The largest absolute Gasteiger partial charge is 0.337 e. The average molecular weight is 287 g/mol. The Morgan fingerprint density at radius 2 is 1.90 bits per heavy atom. The second-order valence-corrected chi connectivity index (χ2v) is 6.72. The fourth-order valence-electron chi connectivity index (χ4n) is 2.02. The second-order valence-electron chi connectivity index (χ2n) is 4.70. The Labute approximate surface area is 116 Å². The van der Waals surface area contributed by atoms with Crippen molar-refractivity contribution in [2.45, 2.75) is 11.8 Å². The van der Waals surface area contributed by atoms with E-state index in [1.54, 1.807) is 18.2 Å². The van der Waals surface area contributed by atoms with Gasteiger partial charge in [0.25, 0.3) is 0 Å². The van der Waals surface area contributed by atoms with Crippen LogP contribution in [0.3, 0.4) is 0 Å². The molecule has 0 aliphatic rings. The molecule has 5 nitrogen and oxygen atoms in total. The van der Waals surface area contributed by atoms with Crippen LogP contribution in [0.25, 0.3) is 22.6 Å². The van der Waals surface area contributed by atoms with E-state index in [9.17, 15) is 8.42 Å². The molecule has 0 radical (unpaired) electrons. The number of imidazole rings is 1. The van der Waals surface area contributed by atoms with Gasteiger partial charge in [0.1, 0.15) is 5.69 Å². The first-order valence-electron chi connectivity index (χ1n) is 6.07. The van der Waals surface area contributed by atoms with Gasteiger partial charge in [-0.05, 0) is 37.3 Å². The number of nitrogens with one attached hydrogen (secondary N) is 1. The van der Waals surface area contributed by atoms with Crippen molar-refractivity contribution in [3.8, 4) is 11.5 Å². The molecule has 3 aromatic rings. The zero-order chi connectivity index (χ0) is 14.3. The van der Waals surface area contributed by atoms with Gasteiger partial charge in [0.05, 0.1) is 15.9 Å². The third-order valence-corrected chi connectivity index (χ3v) is 4.12. The van der Waals surface area contributed by atoms with Crippen LogP contribution in [0, 0.1) is 6.92 Å². The quantitative estimate of drug-likeness (QED) is 0.785. The lowest BCUT2D eigenvalue weighted by Gasteiger charge is -1.97. The number of aromatic nitrogens is 3. The van der Waals surface area contributed by atoms with Gasteiger partial charge in [-0.2, -0.15) is 0 Å². The summed E-state index contributed by atoms with van der Waals surface area (Å²) in [7, 11) is -3.22. The van der Waals surface area contributed by atoms with Crippen molar-refractivity contribution >= 4 is 20.9 Å². The molecule has 0 saturated heterocycles. The van der Waals surface area contributed by atoms with Gasteiger partial charge in [-0.25, -0.2) is 18.4 Å². The zero-order valence-electron chi connectivity index (χ0n) is 11.1. The predicted octanol–water partition coefficient (Wildman–Crippen LogP) is 2.34. The summed E-state index contributed by atoms with van der Waals surface area (Å²) in [4.78, 5) is 12.2. The van der Waals surface area contributed by atoms with Crippen molar-refractivity contribution in [1.82, 2.24) is 15.0 Å². The van der Waals surface area contributed by atoms with Gasteiger partial charge in [-0.3, -0.25) is 0 Å². The number of H-pyrrole nitrogens is 1. The van der Waals surface area contributed by atoms with Crippen LogP contribution in [0.5, 0.6) is 0 Å². The van der Waals surface area contributed by atoms with Gasteiger partial charge in [0.2, 0.25) is 0 Å². The van der Waals surface area contributed by atoms with E-state index < -0.39 is 9.84 Å². The summed E-state index contributed by atoms with van der Waals surface area (Å²) in [6.07, 6.45) is 1.19. The lowest BCUT2D eigenvalue weighted by molar-refractivity contribution is 0.602. The normalized spacial score (nSPS) is 11.9. The Kier molecular flexibility index (Phi) is 2.83. The van der Waals surface area contributed by atoms with E-state index >= 15 is 0 Å². The van der Waals surface area contributed by atoms with Crippen molar-refractivity contribution in [2.75, 3.05) is 6.26 Å². The Balaban J connectivity index is 2.16. The summed E-state index contributed by atoms with van der Waals surface area (Å²) in [5.74, 6) is 0.634. The molecule has 0 spiro atoms. The first kappa shape index (κ1) is 12.8. The van der Waals surface area contributed by atoms with Crippen LogP contribution in [-0.4, -0.2) is 29.6 Å². The first-order valence-corrected chi connectivity index (χ1v) is 7.96. The van der Waals surface area contributed by atoms with E-state index in [-0.39, 0.29) is 4.90 Å². The highest BCUT2D eigenvalue weighted by atomic mass is 32.2. The second kappa shape index (κ2) is 4.42. The molecule has 6 heteroatoms. The molecule has 0 amide bonds. The molecule has 0 atom stereocenters. The summed E-state index contributed by atoms with van der Waals surface area (Å²) in [5.41, 5.74) is 3.05. The van der Waals surface area contributed by atoms with Gasteiger partial charge in [0, 0.05) is 11.9 Å². The number of pyridine rings is 1. The molecular formula is C14H13N3O2S. The monoisotopic (exact) mass is 287 g/mol. The highest BCUT2D eigenvalue weighted by Gasteiger charge is 2.11. The number of nitrogens with zero attached hydrogens (tertiary/aromatic N) is 2. The van der Waals surface area contributed by atoms with Gasteiger partial charge in [-0.15, -0.1) is 0 Å². The molecule has 0 saturated carbocycles. The smallest absolute Gasteiger partial charge is 0.175 e. The Morgan fingerprint density at radius 3 is 2.60 bits per heavy atom. The van der Waals surface area contributed by atoms with Crippen molar-refractivity contribution in [2.24, 2.45) is 0 Å². The van der Waals surface area contributed by atoms with Crippen molar-refractivity contribution < 1.29 is 8.42 Å². The van der Waals surface area contributed by atoms with Gasteiger partial charge in [-0.1, -0.05) is 6.07 Å². The Morgan fingerprint density at radius 1 is 1.10 bits per heavy atom. The van der Waals surface area contributed by atoms with Gasteiger partial charge >= 0.3 is 0 Å². The van der Waals surface area contributed by atoms with E-state index in [4.69, 9.17) is 0 Å². The number of benzene rings is 1. The molecule has 0 bridgehead atoms. The van der Waals surface area contributed by atoms with Crippen LogP contribution >= 0.6 is 0 Å². The minimum Gasteiger partial charge on any atom is -0.337 e. The summed E-state index contributed by atoms with van der Waals surface area (Å²) >= 11 is 0. The topological polar surface area (TPSA) is 75.7 Å². The van der Waals surface area contributed by atoms with Crippen molar-refractivity contribution in [3.05, 3.63) is 42.1 Å². The standard InChI is InChI=1S/C14H13N3O2S/c1-9-4-3-5-12(15-9)14-16-11-7-6-10(20(2,18)19)8-13(11)17-14/h3-8H,1-2H3,(H,16,17). The Bertz CT molecular complexity index is 898. The summed E-state index contributed by atoms with van der Waals surface area (Å²) in [5, 5.41) is 0. The lowest BCUT2D eigenvalue weighted by Crippen LogP contribution is -1.96. The molecular weight excluding hydrogens is 274 g/mol. The number of aryl methyl sites for hydroxylation is 1. The van der Waals surface area contributed by atoms with E-state index in [2.05, 4.69) is 15.0 Å². The van der Waals surface area contributed by atoms with Gasteiger partial charge in [0.15, 0.2) is 15.7 Å². The van der Waals surface area contributed by atoms with Crippen molar-refractivity contribution in [3.63, 3.8) is 0 Å². The van der Waals surface area contributed by atoms with Crippen molar-refractivity contribution in [1.29, 1.82) is 0 Å². The molecule has 1 N–H and O–H groups in total. The summed E-state index contributed by atoms with van der Waals surface area (Å²) in [6.45, 7) is 1.91. The summed E-state index contributed by atoms with van der Waals surface area (Å²) < 4.78 is 23.1. The van der Waals surface area contributed by atoms with E-state index in [1.165, 1.54) is 6.26 Å². The maximum atomic E-state index is 11.6. The highest BCUT2D eigenvalue weighted by Crippen LogP contribution is 2.21. The molecule has 0 aliphatic heterocycles. The maximum Gasteiger partial charge on any atom is 0.175 e. The predicted molar refractivity (Wildman–Crippen MR) is 77.2 cm³/mol. The molecule has 3 rings (SSSR count). The number of hydrogen-bond acceptors (Lipinski definition) is 4. The summed E-state index contributed by atoms with van der Waals surface area (Å²) in [6, 6.07) is 10.5. The number of hydrogen-bond donors (Lipinski definition) is 1. The highest BCUT2D eigenvalue weighted by molar-refractivity contribution is 7.90. The molecule has 1 aromatic carbocycles. The molecule has 102 valence electrons. The van der Waals surface area contributed by atoms with Crippen LogP contribution in [0.4, 0.5) is 0 Å². The van der Waals surface area contributed by atoms with E-state index in [0.717, 1.165) is 16.9 Å². The number of sulfone groups is 1. The first-order chi connectivity index (χ1) is 9.43. The van der Waals surface area contributed by atoms with Gasteiger partial charge < -0.3 is 4.98 Å². The van der Waals surface area contributed by atoms with Crippen LogP contribution < -0.4 is 0 Å². The molecule has 0 aliphatic carbocycles. The van der Waals surface area contributed by atoms with E-state index in [0.29, 0.717) is 11.3 Å². The molecule has 0 unspecified atom stereocenters. The number of aromatic amines is 1. The fourth-order valence-corrected chi connectivity index (χ4v) is 2.66. The number of rotatable bonds is 2. The van der Waals surface area contributed by atoms with Crippen LogP contribution in [0.1, 0.15) is 5.69 Å². The Hall–Kier alpha value is -2.21. The lowest BCUT2D eigenvalue weighted by atomic mass is 10.3. The average Bonchev–Trinajstić information content (AvgIpc) is 2.80. The minimum atomic E-state index is -3.22. The molecule has 2 heterocycles. The third kappa shape index (κ3) is 2.30. The van der Waals surface area contributed by atoms with E-state index in [1.807, 2.05) is 25.1 Å².